The van der Waals surface area contributed by atoms with Crippen molar-refractivity contribution in [1.82, 2.24) is 10.6 Å². The largest absolute Gasteiger partial charge is 0.480 e. The molecule has 1 unspecified atom stereocenters. The number of carbonyl (C=O) groups is 2. The summed E-state index contributed by atoms with van der Waals surface area (Å²) in [6.07, 6.45) is 0.247. The average Bonchev–Trinajstić information content (AvgIpc) is 2.23. The lowest BCUT2D eigenvalue weighted by Gasteiger charge is -2.25. The maximum Gasteiger partial charge on any atom is 0.326 e. The summed E-state index contributed by atoms with van der Waals surface area (Å²) in [5, 5.41) is 14.2. The maximum atomic E-state index is 11.7. The smallest absolute Gasteiger partial charge is 0.326 e. The highest BCUT2D eigenvalue weighted by Crippen LogP contribution is 2.03. The van der Waals surface area contributed by atoms with E-state index in [1.165, 1.54) is 7.11 Å². The van der Waals surface area contributed by atoms with Gasteiger partial charge in [0.1, 0.15) is 6.04 Å². The van der Waals surface area contributed by atoms with Crippen LogP contribution in [-0.2, 0) is 14.3 Å². The number of likely N-dealkylation sites (N-methyl/N-ethyl adjacent to an activating group) is 1. The Balaban J connectivity index is 4.40. The Morgan fingerprint density at radius 3 is 2.38 bits per heavy atom. The molecule has 6 nitrogen and oxygen atoms in total. The monoisotopic (exact) mass is 232 g/mol. The van der Waals surface area contributed by atoms with Gasteiger partial charge in [0, 0.05) is 20.1 Å². The first-order valence-corrected chi connectivity index (χ1v) is 5.06. The van der Waals surface area contributed by atoms with Gasteiger partial charge in [0.2, 0.25) is 5.91 Å². The second kappa shape index (κ2) is 6.44. The molecule has 0 rings (SSSR count). The van der Waals surface area contributed by atoms with E-state index in [4.69, 9.17) is 9.84 Å². The number of carboxylic acids is 1. The van der Waals surface area contributed by atoms with Crippen molar-refractivity contribution in [2.24, 2.45) is 0 Å². The summed E-state index contributed by atoms with van der Waals surface area (Å²) in [6, 6.07) is -0.917. The topological polar surface area (TPSA) is 87.7 Å². The van der Waals surface area contributed by atoms with Gasteiger partial charge in [-0.05, 0) is 20.9 Å². The summed E-state index contributed by atoms with van der Waals surface area (Å²) < 4.78 is 4.79. The van der Waals surface area contributed by atoms with E-state index < -0.39 is 17.6 Å². The Kier molecular flexibility index (Phi) is 5.98. The fourth-order valence-corrected chi connectivity index (χ4v) is 0.945. The molecular weight excluding hydrogens is 212 g/mol. The first-order chi connectivity index (χ1) is 7.35. The van der Waals surface area contributed by atoms with Crippen molar-refractivity contribution in [1.29, 1.82) is 0 Å². The van der Waals surface area contributed by atoms with Gasteiger partial charge in [0.05, 0.1) is 5.54 Å². The first kappa shape index (κ1) is 14.9. The van der Waals surface area contributed by atoms with Crippen LogP contribution in [0.25, 0.3) is 0 Å². The number of aliphatic carboxylic acids is 1. The van der Waals surface area contributed by atoms with Crippen LogP contribution >= 0.6 is 0 Å². The highest BCUT2D eigenvalue weighted by molar-refractivity contribution is 5.89. The van der Waals surface area contributed by atoms with Crippen LogP contribution in [0.2, 0.25) is 0 Å². The molecule has 0 bridgehead atoms. The summed E-state index contributed by atoms with van der Waals surface area (Å²) in [6.45, 7) is 3.65. The quantitative estimate of drug-likeness (QED) is 0.555. The molecule has 0 aliphatic carbocycles. The third-order valence-electron chi connectivity index (χ3n) is 2.41. The van der Waals surface area contributed by atoms with Crippen LogP contribution in [0.1, 0.15) is 20.3 Å². The first-order valence-electron chi connectivity index (χ1n) is 5.06. The molecule has 0 fully saturated rings. The summed E-state index contributed by atoms with van der Waals surface area (Å²) in [4.78, 5) is 22.6. The van der Waals surface area contributed by atoms with Gasteiger partial charge in [-0.15, -0.1) is 0 Å². The number of carboxylic acid groups (broad SMARTS) is 1. The number of amides is 1. The predicted molar refractivity (Wildman–Crippen MR) is 59.2 cm³/mol. The molecule has 94 valence electrons. The van der Waals surface area contributed by atoms with Gasteiger partial charge in [-0.25, -0.2) is 4.79 Å². The number of hydrogen-bond donors (Lipinski definition) is 3. The zero-order chi connectivity index (χ0) is 12.8. The van der Waals surface area contributed by atoms with E-state index in [1.54, 1.807) is 20.9 Å². The molecule has 0 heterocycles. The van der Waals surface area contributed by atoms with Gasteiger partial charge in [-0.2, -0.15) is 0 Å². The van der Waals surface area contributed by atoms with Crippen molar-refractivity contribution in [3.63, 3.8) is 0 Å². The fourth-order valence-electron chi connectivity index (χ4n) is 0.945. The Morgan fingerprint density at radius 1 is 1.44 bits per heavy atom. The minimum absolute atomic E-state index is 0.247. The third-order valence-corrected chi connectivity index (χ3v) is 2.41. The summed E-state index contributed by atoms with van der Waals surface area (Å²) in [5.74, 6) is -1.41. The van der Waals surface area contributed by atoms with Crippen molar-refractivity contribution >= 4 is 11.9 Å². The summed E-state index contributed by atoms with van der Waals surface area (Å²) in [7, 11) is 3.13. The van der Waals surface area contributed by atoms with Crippen molar-refractivity contribution in [2.75, 3.05) is 20.8 Å². The lowest BCUT2D eigenvalue weighted by molar-refractivity contribution is -0.143. The van der Waals surface area contributed by atoms with Crippen molar-refractivity contribution < 1.29 is 19.4 Å². The second-order valence-corrected chi connectivity index (χ2v) is 4.02. The van der Waals surface area contributed by atoms with E-state index in [0.29, 0.717) is 0 Å². The lowest BCUT2D eigenvalue weighted by Crippen LogP contribution is -2.55. The number of methoxy groups -OCH3 is 1. The van der Waals surface area contributed by atoms with Crippen molar-refractivity contribution in [3.8, 4) is 0 Å². The predicted octanol–water partition coefficient (Wildman–Crippen LogP) is -0.410. The molecular formula is C10H20N2O4. The normalized spacial score (nSPS) is 13.2. The molecule has 0 aromatic rings. The molecule has 0 aliphatic heterocycles. The van der Waals surface area contributed by atoms with Crippen LogP contribution in [0.3, 0.4) is 0 Å². The summed E-state index contributed by atoms with van der Waals surface area (Å²) in [5.41, 5.74) is -0.791. The third kappa shape index (κ3) is 4.59. The Hall–Kier alpha value is -1.14. The zero-order valence-electron chi connectivity index (χ0n) is 10.2. The maximum absolute atomic E-state index is 11.7. The number of hydrogen-bond acceptors (Lipinski definition) is 4. The SMILES string of the molecule is CNC(C)(C)C(=O)NC(CCOC)C(=O)O. The molecule has 0 radical (unpaired) electrons. The average molecular weight is 232 g/mol. The van der Waals surface area contributed by atoms with Crippen LogP contribution in [0.5, 0.6) is 0 Å². The molecule has 0 aromatic carbocycles. The van der Waals surface area contributed by atoms with Gasteiger partial charge in [0.25, 0.3) is 0 Å². The van der Waals surface area contributed by atoms with E-state index in [2.05, 4.69) is 10.6 Å². The van der Waals surface area contributed by atoms with E-state index in [-0.39, 0.29) is 18.9 Å². The Labute approximate surface area is 95.4 Å². The Bertz CT molecular complexity index is 253. The van der Waals surface area contributed by atoms with Gasteiger partial charge in [0.15, 0.2) is 0 Å². The molecule has 6 heteroatoms. The van der Waals surface area contributed by atoms with Crippen LogP contribution in [-0.4, -0.2) is 49.3 Å². The van der Waals surface area contributed by atoms with Gasteiger partial charge in [-0.1, -0.05) is 0 Å². The molecule has 0 saturated carbocycles. The fraction of sp³-hybridized carbons (Fsp3) is 0.800. The van der Waals surface area contributed by atoms with E-state index in [9.17, 15) is 9.59 Å². The van der Waals surface area contributed by atoms with Crippen LogP contribution in [0, 0.1) is 0 Å². The van der Waals surface area contributed by atoms with Crippen LogP contribution in [0.4, 0.5) is 0 Å². The molecule has 16 heavy (non-hydrogen) atoms. The van der Waals surface area contributed by atoms with Gasteiger partial charge >= 0.3 is 5.97 Å². The number of rotatable bonds is 7. The van der Waals surface area contributed by atoms with E-state index >= 15 is 0 Å². The number of nitrogens with one attached hydrogen (secondary N) is 2. The van der Waals surface area contributed by atoms with E-state index in [0.717, 1.165) is 0 Å². The number of ether oxygens (including phenoxy) is 1. The van der Waals surface area contributed by atoms with Crippen molar-refractivity contribution in [3.05, 3.63) is 0 Å². The van der Waals surface area contributed by atoms with Gasteiger partial charge < -0.3 is 20.5 Å². The van der Waals surface area contributed by atoms with Crippen molar-refractivity contribution in [2.45, 2.75) is 31.8 Å². The standard InChI is InChI=1S/C10H20N2O4/c1-10(2,11-3)9(15)12-7(8(13)14)5-6-16-4/h7,11H,5-6H2,1-4H3,(H,12,15)(H,13,14). The Morgan fingerprint density at radius 2 is 2.00 bits per heavy atom. The minimum atomic E-state index is -1.06. The molecule has 0 aliphatic rings. The number of carbonyl (C=O) groups excluding carboxylic acids is 1. The molecule has 1 amide bonds. The lowest BCUT2D eigenvalue weighted by atomic mass is 10.0. The van der Waals surface area contributed by atoms with Crippen LogP contribution < -0.4 is 10.6 Å². The molecule has 0 spiro atoms. The molecule has 1 atom stereocenters. The highest BCUT2D eigenvalue weighted by atomic mass is 16.5. The van der Waals surface area contributed by atoms with Crippen LogP contribution in [0.15, 0.2) is 0 Å². The molecule has 0 aromatic heterocycles. The highest BCUT2D eigenvalue weighted by Gasteiger charge is 2.29. The molecule has 3 N–H and O–H groups in total. The van der Waals surface area contributed by atoms with Gasteiger partial charge in [-0.3, -0.25) is 4.79 Å². The summed E-state index contributed by atoms with van der Waals surface area (Å²) >= 11 is 0. The van der Waals surface area contributed by atoms with E-state index in [1.807, 2.05) is 0 Å². The minimum Gasteiger partial charge on any atom is -0.480 e. The molecule has 0 saturated heterocycles. The second-order valence-electron chi connectivity index (χ2n) is 4.02. The zero-order valence-corrected chi connectivity index (χ0v) is 10.2.